The van der Waals surface area contributed by atoms with Crippen molar-refractivity contribution in [3.8, 4) is 0 Å². The lowest BCUT2D eigenvalue weighted by atomic mass is 10.2. The van der Waals surface area contributed by atoms with Crippen LogP contribution in [0.25, 0.3) is 0 Å². The van der Waals surface area contributed by atoms with Crippen LogP contribution in [0, 0.1) is 5.92 Å². The SMILES string of the molecule is CC(=O)O[C@H](OC(=O)NC[C@H](SC(C)C)C(=O)O)C(C)C. The fraction of sp³-hybridized carbons (Fsp3) is 0.769. The number of carbonyl (C=O) groups excluding carboxylic acids is 2. The summed E-state index contributed by atoms with van der Waals surface area (Å²) in [6.07, 6.45) is -1.81. The lowest BCUT2D eigenvalue weighted by Crippen LogP contribution is -2.39. The quantitative estimate of drug-likeness (QED) is 0.519. The first-order valence-corrected chi connectivity index (χ1v) is 7.57. The highest BCUT2D eigenvalue weighted by Crippen LogP contribution is 2.17. The molecular formula is C13H23NO6S. The number of nitrogens with one attached hydrogen (secondary N) is 1. The molecule has 0 aliphatic carbocycles. The molecule has 0 heterocycles. The van der Waals surface area contributed by atoms with Crippen LogP contribution < -0.4 is 5.32 Å². The molecule has 0 bridgehead atoms. The molecule has 0 aromatic heterocycles. The van der Waals surface area contributed by atoms with E-state index in [1.807, 2.05) is 13.8 Å². The Balaban J connectivity index is 4.39. The molecule has 0 aromatic rings. The van der Waals surface area contributed by atoms with Crippen molar-refractivity contribution in [1.29, 1.82) is 0 Å². The van der Waals surface area contributed by atoms with Gasteiger partial charge in [0.25, 0.3) is 6.29 Å². The average Bonchev–Trinajstić information content (AvgIpc) is 2.32. The fourth-order valence-corrected chi connectivity index (χ4v) is 2.26. The second kappa shape index (κ2) is 9.49. The van der Waals surface area contributed by atoms with Gasteiger partial charge < -0.3 is 19.9 Å². The van der Waals surface area contributed by atoms with Crippen LogP contribution in [0.4, 0.5) is 4.79 Å². The highest BCUT2D eigenvalue weighted by Gasteiger charge is 2.24. The third-order valence-electron chi connectivity index (χ3n) is 2.19. The summed E-state index contributed by atoms with van der Waals surface area (Å²) in [5, 5.41) is 10.8. The minimum Gasteiger partial charge on any atom is -0.480 e. The molecule has 0 spiro atoms. The molecule has 0 aromatic carbocycles. The van der Waals surface area contributed by atoms with Crippen molar-refractivity contribution in [2.75, 3.05) is 6.54 Å². The first-order valence-electron chi connectivity index (χ1n) is 6.63. The first kappa shape index (κ1) is 19.6. The molecule has 122 valence electrons. The smallest absolute Gasteiger partial charge is 0.410 e. The van der Waals surface area contributed by atoms with Crippen LogP contribution >= 0.6 is 11.8 Å². The predicted molar refractivity (Wildman–Crippen MR) is 79.0 cm³/mol. The number of carbonyl (C=O) groups is 3. The summed E-state index contributed by atoms with van der Waals surface area (Å²) in [5.41, 5.74) is 0. The standard InChI is InChI=1S/C13H23NO6S/c1-7(2)12(19-9(5)15)20-13(18)14-6-10(11(16)17)21-8(3)4/h7-8,10,12H,6H2,1-5H3,(H,14,18)(H,16,17)/t10-,12+/m0/s1. The normalized spacial score (nSPS) is 13.7. The van der Waals surface area contributed by atoms with Crippen LogP contribution in [0.5, 0.6) is 0 Å². The summed E-state index contributed by atoms with van der Waals surface area (Å²) in [6, 6.07) is 0. The van der Waals surface area contributed by atoms with Gasteiger partial charge in [0.05, 0.1) is 0 Å². The van der Waals surface area contributed by atoms with Gasteiger partial charge in [-0.3, -0.25) is 9.59 Å². The van der Waals surface area contributed by atoms with Gasteiger partial charge in [0.15, 0.2) is 0 Å². The van der Waals surface area contributed by atoms with E-state index in [9.17, 15) is 14.4 Å². The van der Waals surface area contributed by atoms with Crippen LogP contribution in [0.3, 0.4) is 0 Å². The van der Waals surface area contributed by atoms with E-state index in [-0.39, 0.29) is 17.7 Å². The maximum atomic E-state index is 11.6. The average molecular weight is 321 g/mol. The lowest BCUT2D eigenvalue weighted by molar-refractivity contribution is -0.172. The number of carboxylic acids is 1. The van der Waals surface area contributed by atoms with Crippen molar-refractivity contribution in [2.45, 2.75) is 51.4 Å². The number of alkyl carbamates (subject to hydrolysis) is 1. The van der Waals surface area contributed by atoms with E-state index < -0.39 is 29.6 Å². The topological polar surface area (TPSA) is 102 Å². The monoisotopic (exact) mass is 321 g/mol. The van der Waals surface area contributed by atoms with E-state index in [0.717, 1.165) is 0 Å². The Morgan fingerprint density at radius 2 is 1.71 bits per heavy atom. The summed E-state index contributed by atoms with van der Waals surface area (Å²) in [4.78, 5) is 33.6. The van der Waals surface area contributed by atoms with Crippen molar-refractivity contribution < 1.29 is 29.0 Å². The van der Waals surface area contributed by atoms with Gasteiger partial charge in [-0.15, -0.1) is 11.8 Å². The number of carboxylic acid groups (broad SMARTS) is 1. The van der Waals surface area contributed by atoms with Crippen molar-refractivity contribution in [1.82, 2.24) is 5.32 Å². The Bertz CT molecular complexity index is 372. The van der Waals surface area contributed by atoms with Gasteiger partial charge >= 0.3 is 18.0 Å². The molecule has 0 aliphatic rings. The molecule has 0 rings (SSSR count). The summed E-state index contributed by atoms with van der Waals surface area (Å²) < 4.78 is 9.82. The highest BCUT2D eigenvalue weighted by molar-refractivity contribution is 8.01. The Morgan fingerprint density at radius 1 is 1.14 bits per heavy atom. The summed E-state index contributed by atoms with van der Waals surface area (Å²) in [7, 11) is 0. The molecule has 8 heteroatoms. The lowest BCUT2D eigenvalue weighted by Gasteiger charge is -2.21. The van der Waals surface area contributed by atoms with Crippen LogP contribution in [-0.2, 0) is 19.1 Å². The summed E-state index contributed by atoms with van der Waals surface area (Å²) in [5.74, 6) is -1.77. The highest BCUT2D eigenvalue weighted by atomic mass is 32.2. The first-order chi connectivity index (χ1) is 9.63. The second-order valence-corrected chi connectivity index (χ2v) is 6.80. The van der Waals surface area contributed by atoms with Gasteiger partial charge in [-0.2, -0.15) is 0 Å². The molecule has 1 amide bonds. The Kier molecular flexibility index (Phi) is 8.84. The summed E-state index contributed by atoms with van der Waals surface area (Å²) >= 11 is 1.23. The molecule has 2 N–H and O–H groups in total. The zero-order valence-corrected chi connectivity index (χ0v) is 13.7. The zero-order chi connectivity index (χ0) is 16.6. The molecule has 0 saturated heterocycles. The number of hydrogen-bond acceptors (Lipinski definition) is 6. The van der Waals surface area contributed by atoms with Crippen LogP contribution in [-0.4, -0.2) is 46.5 Å². The van der Waals surface area contributed by atoms with Gasteiger partial charge in [-0.25, -0.2) is 4.79 Å². The minimum absolute atomic E-state index is 0.0676. The number of esters is 1. The Labute approximate surface area is 128 Å². The number of ether oxygens (including phenoxy) is 2. The maximum Gasteiger partial charge on any atom is 0.410 e. The van der Waals surface area contributed by atoms with E-state index >= 15 is 0 Å². The molecule has 0 unspecified atom stereocenters. The van der Waals surface area contributed by atoms with Gasteiger partial charge in [0, 0.05) is 19.4 Å². The van der Waals surface area contributed by atoms with Crippen molar-refractivity contribution >= 4 is 29.8 Å². The van der Waals surface area contributed by atoms with Gasteiger partial charge in [0.1, 0.15) is 5.25 Å². The number of rotatable bonds is 8. The third-order valence-corrected chi connectivity index (χ3v) is 3.43. The number of thioether (sulfide) groups is 1. The molecule has 0 fully saturated rings. The molecule has 7 nitrogen and oxygen atoms in total. The van der Waals surface area contributed by atoms with Crippen LogP contribution in [0.1, 0.15) is 34.6 Å². The van der Waals surface area contributed by atoms with Gasteiger partial charge in [-0.05, 0) is 5.25 Å². The number of hydrogen-bond donors (Lipinski definition) is 2. The zero-order valence-electron chi connectivity index (χ0n) is 12.9. The van der Waals surface area contributed by atoms with E-state index in [4.69, 9.17) is 14.6 Å². The Hall–Kier alpha value is -1.44. The Morgan fingerprint density at radius 3 is 2.10 bits per heavy atom. The molecule has 21 heavy (non-hydrogen) atoms. The van der Waals surface area contributed by atoms with Crippen molar-refractivity contribution in [3.05, 3.63) is 0 Å². The van der Waals surface area contributed by atoms with E-state index in [0.29, 0.717) is 0 Å². The van der Waals surface area contributed by atoms with Crippen molar-refractivity contribution in [3.63, 3.8) is 0 Å². The fourth-order valence-electron chi connectivity index (χ4n) is 1.31. The van der Waals surface area contributed by atoms with Crippen LogP contribution in [0.15, 0.2) is 0 Å². The second-order valence-electron chi connectivity index (χ2n) is 5.02. The molecule has 0 aliphatic heterocycles. The summed E-state index contributed by atoms with van der Waals surface area (Å²) in [6.45, 7) is 8.35. The van der Waals surface area contributed by atoms with E-state index in [1.54, 1.807) is 13.8 Å². The number of amides is 1. The molecule has 0 radical (unpaired) electrons. The van der Waals surface area contributed by atoms with Gasteiger partial charge in [-0.1, -0.05) is 27.7 Å². The number of aliphatic carboxylic acids is 1. The molecular weight excluding hydrogens is 298 g/mol. The van der Waals surface area contributed by atoms with Crippen molar-refractivity contribution in [2.24, 2.45) is 5.92 Å². The minimum atomic E-state index is -1.01. The largest absolute Gasteiger partial charge is 0.480 e. The molecule has 0 saturated carbocycles. The van der Waals surface area contributed by atoms with Crippen LogP contribution in [0.2, 0.25) is 0 Å². The van der Waals surface area contributed by atoms with E-state index in [2.05, 4.69) is 5.32 Å². The van der Waals surface area contributed by atoms with E-state index in [1.165, 1.54) is 18.7 Å². The van der Waals surface area contributed by atoms with Gasteiger partial charge in [0.2, 0.25) is 0 Å². The third kappa shape index (κ3) is 9.17. The predicted octanol–water partition coefficient (Wildman–Crippen LogP) is 1.85. The molecule has 2 atom stereocenters. The maximum absolute atomic E-state index is 11.6.